The molecule has 2 rings (SSSR count). The van der Waals surface area contributed by atoms with Gasteiger partial charge in [-0.05, 0) is 30.9 Å². The highest BCUT2D eigenvalue weighted by Gasteiger charge is 2.21. The second-order valence-electron chi connectivity index (χ2n) is 5.05. The Balaban J connectivity index is 2.07. The molecule has 17 heavy (non-hydrogen) atoms. The van der Waals surface area contributed by atoms with Crippen LogP contribution in [0.4, 0.5) is 5.69 Å². The third kappa shape index (κ3) is 2.61. The molecule has 3 N–H and O–H groups in total. The van der Waals surface area contributed by atoms with Crippen LogP contribution < -0.4 is 10.6 Å². The minimum atomic E-state index is -0.179. The molecule has 0 spiro atoms. The van der Waals surface area contributed by atoms with Crippen LogP contribution in [0.25, 0.3) is 0 Å². The van der Waals surface area contributed by atoms with Crippen molar-refractivity contribution < 1.29 is 5.11 Å². The van der Waals surface area contributed by atoms with Crippen molar-refractivity contribution in [2.75, 3.05) is 18.5 Å². The van der Waals surface area contributed by atoms with Crippen molar-refractivity contribution in [2.45, 2.75) is 38.8 Å². The monoisotopic (exact) mass is 234 g/mol. The SMILES string of the molecule is CCC(C)(CO)NCc1cccc2c1NCC2. The van der Waals surface area contributed by atoms with E-state index in [4.69, 9.17) is 0 Å². The summed E-state index contributed by atoms with van der Waals surface area (Å²) in [5.41, 5.74) is 3.82. The second kappa shape index (κ2) is 5.07. The summed E-state index contributed by atoms with van der Waals surface area (Å²) >= 11 is 0. The zero-order chi connectivity index (χ0) is 12.3. The van der Waals surface area contributed by atoms with Gasteiger partial charge in [-0.2, -0.15) is 0 Å². The van der Waals surface area contributed by atoms with Crippen LogP contribution in [-0.2, 0) is 13.0 Å². The Hall–Kier alpha value is -1.06. The highest BCUT2D eigenvalue weighted by Crippen LogP contribution is 2.26. The zero-order valence-electron chi connectivity index (χ0n) is 10.7. The smallest absolute Gasteiger partial charge is 0.0610 e. The van der Waals surface area contributed by atoms with Crippen molar-refractivity contribution >= 4 is 5.69 Å². The van der Waals surface area contributed by atoms with Gasteiger partial charge in [-0.1, -0.05) is 25.1 Å². The molecule has 0 saturated heterocycles. The standard InChI is InChI=1S/C14H22N2O/c1-3-14(2,10-17)16-9-12-6-4-5-11-7-8-15-13(11)12/h4-6,15-17H,3,7-10H2,1-2H3. The number of nitrogens with one attached hydrogen (secondary N) is 2. The molecular formula is C14H22N2O. The molecule has 1 aliphatic heterocycles. The zero-order valence-corrected chi connectivity index (χ0v) is 10.7. The minimum Gasteiger partial charge on any atom is -0.394 e. The van der Waals surface area contributed by atoms with Crippen LogP contribution in [-0.4, -0.2) is 23.8 Å². The molecule has 0 bridgehead atoms. The molecule has 0 amide bonds. The van der Waals surface area contributed by atoms with Gasteiger partial charge in [0.25, 0.3) is 0 Å². The van der Waals surface area contributed by atoms with Crippen molar-refractivity contribution in [2.24, 2.45) is 0 Å². The summed E-state index contributed by atoms with van der Waals surface area (Å²) in [5.74, 6) is 0. The van der Waals surface area contributed by atoms with E-state index in [1.807, 2.05) is 0 Å². The fourth-order valence-electron chi connectivity index (χ4n) is 2.16. The maximum Gasteiger partial charge on any atom is 0.0610 e. The van der Waals surface area contributed by atoms with Crippen molar-refractivity contribution in [3.05, 3.63) is 29.3 Å². The number of hydrogen-bond acceptors (Lipinski definition) is 3. The number of fused-ring (bicyclic) bond motifs is 1. The van der Waals surface area contributed by atoms with Gasteiger partial charge in [0.2, 0.25) is 0 Å². The van der Waals surface area contributed by atoms with Crippen LogP contribution in [0.2, 0.25) is 0 Å². The number of aliphatic hydroxyl groups is 1. The summed E-state index contributed by atoms with van der Waals surface area (Å²) in [4.78, 5) is 0. The highest BCUT2D eigenvalue weighted by molar-refractivity contribution is 5.61. The van der Waals surface area contributed by atoms with E-state index in [0.29, 0.717) is 0 Å². The van der Waals surface area contributed by atoms with Gasteiger partial charge in [0.15, 0.2) is 0 Å². The maximum absolute atomic E-state index is 9.38. The lowest BCUT2D eigenvalue weighted by atomic mass is 9.99. The van der Waals surface area contributed by atoms with Gasteiger partial charge in [-0.25, -0.2) is 0 Å². The van der Waals surface area contributed by atoms with Crippen LogP contribution in [0.3, 0.4) is 0 Å². The second-order valence-corrected chi connectivity index (χ2v) is 5.05. The molecule has 1 atom stereocenters. The van der Waals surface area contributed by atoms with Gasteiger partial charge in [-0.3, -0.25) is 0 Å². The molecular weight excluding hydrogens is 212 g/mol. The first-order valence-corrected chi connectivity index (χ1v) is 6.39. The number of rotatable bonds is 5. The highest BCUT2D eigenvalue weighted by atomic mass is 16.3. The third-order valence-electron chi connectivity index (χ3n) is 3.77. The van der Waals surface area contributed by atoms with E-state index in [1.54, 1.807) is 0 Å². The topological polar surface area (TPSA) is 44.3 Å². The van der Waals surface area contributed by atoms with E-state index >= 15 is 0 Å². The summed E-state index contributed by atoms with van der Waals surface area (Å²) < 4.78 is 0. The molecule has 1 aliphatic rings. The predicted octanol–water partition coefficient (Wildman–Crippen LogP) is 1.91. The van der Waals surface area contributed by atoms with Gasteiger partial charge in [-0.15, -0.1) is 0 Å². The van der Waals surface area contributed by atoms with E-state index < -0.39 is 0 Å². The molecule has 1 heterocycles. The van der Waals surface area contributed by atoms with E-state index in [9.17, 15) is 5.11 Å². The first-order chi connectivity index (χ1) is 8.18. The molecule has 0 aromatic heterocycles. The first kappa shape index (κ1) is 12.4. The number of anilines is 1. The van der Waals surface area contributed by atoms with Crippen LogP contribution in [0, 0.1) is 0 Å². The number of hydrogen-bond donors (Lipinski definition) is 3. The van der Waals surface area contributed by atoms with Crippen LogP contribution >= 0.6 is 0 Å². The fourth-order valence-corrected chi connectivity index (χ4v) is 2.16. The van der Waals surface area contributed by atoms with E-state index in [2.05, 4.69) is 42.7 Å². The Kier molecular flexibility index (Phi) is 3.69. The lowest BCUT2D eigenvalue weighted by Crippen LogP contribution is -2.44. The molecule has 0 radical (unpaired) electrons. The van der Waals surface area contributed by atoms with E-state index in [-0.39, 0.29) is 12.1 Å². The molecule has 1 aromatic carbocycles. The van der Waals surface area contributed by atoms with Crippen molar-refractivity contribution in [1.82, 2.24) is 5.32 Å². The van der Waals surface area contributed by atoms with Gasteiger partial charge in [0.1, 0.15) is 0 Å². The summed E-state index contributed by atoms with van der Waals surface area (Å²) in [6, 6.07) is 6.45. The number of para-hydroxylation sites is 1. The lowest BCUT2D eigenvalue weighted by molar-refractivity contribution is 0.169. The number of benzene rings is 1. The maximum atomic E-state index is 9.38. The molecule has 0 fully saturated rings. The molecule has 1 aromatic rings. The molecule has 1 unspecified atom stereocenters. The Morgan fingerprint density at radius 1 is 1.47 bits per heavy atom. The van der Waals surface area contributed by atoms with Gasteiger partial charge >= 0.3 is 0 Å². The summed E-state index contributed by atoms with van der Waals surface area (Å²) in [6.07, 6.45) is 2.04. The molecule has 3 nitrogen and oxygen atoms in total. The van der Waals surface area contributed by atoms with E-state index in [0.717, 1.165) is 25.9 Å². The Bertz CT molecular complexity index is 386. The van der Waals surface area contributed by atoms with Crippen molar-refractivity contribution in [3.8, 4) is 0 Å². The van der Waals surface area contributed by atoms with Gasteiger partial charge in [0, 0.05) is 24.3 Å². The molecule has 94 valence electrons. The Morgan fingerprint density at radius 3 is 3.00 bits per heavy atom. The average Bonchev–Trinajstić information content (AvgIpc) is 2.84. The molecule has 0 aliphatic carbocycles. The quantitative estimate of drug-likeness (QED) is 0.729. The largest absolute Gasteiger partial charge is 0.394 e. The average molecular weight is 234 g/mol. The normalized spacial score (nSPS) is 17.4. The van der Waals surface area contributed by atoms with Gasteiger partial charge < -0.3 is 15.7 Å². The first-order valence-electron chi connectivity index (χ1n) is 6.39. The lowest BCUT2D eigenvalue weighted by Gasteiger charge is -2.27. The summed E-state index contributed by atoms with van der Waals surface area (Å²) in [7, 11) is 0. The van der Waals surface area contributed by atoms with E-state index in [1.165, 1.54) is 16.8 Å². The van der Waals surface area contributed by atoms with Gasteiger partial charge in [0.05, 0.1) is 6.61 Å². The fraction of sp³-hybridized carbons (Fsp3) is 0.571. The predicted molar refractivity (Wildman–Crippen MR) is 71.3 cm³/mol. The van der Waals surface area contributed by atoms with Crippen LogP contribution in [0.5, 0.6) is 0 Å². The third-order valence-corrected chi connectivity index (χ3v) is 3.77. The summed E-state index contributed by atoms with van der Waals surface area (Å²) in [6.45, 7) is 6.17. The Labute approximate surface area is 103 Å². The Morgan fingerprint density at radius 2 is 2.29 bits per heavy atom. The summed E-state index contributed by atoms with van der Waals surface area (Å²) in [5, 5.41) is 16.3. The minimum absolute atomic E-state index is 0.173. The van der Waals surface area contributed by atoms with Crippen LogP contribution in [0.15, 0.2) is 18.2 Å². The van der Waals surface area contributed by atoms with Crippen molar-refractivity contribution in [3.63, 3.8) is 0 Å². The van der Waals surface area contributed by atoms with Crippen LogP contribution in [0.1, 0.15) is 31.4 Å². The van der Waals surface area contributed by atoms with Crippen molar-refractivity contribution in [1.29, 1.82) is 0 Å². The number of aliphatic hydroxyl groups excluding tert-OH is 1. The molecule has 0 saturated carbocycles. The molecule has 3 heteroatoms.